The summed E-state index contributed by atoms with van der Waals surface area (Å²) in [5.41, 5.74) is 1.05. The SMILES string of the molecule is O=C(N[S+]([O-])c1csc2ccccc12)c1cc2c(F)cc(N3CCC3)cc2o1. The van der Waals surface area contributed by atoms with E-state index in [1.165, 1.54) is 23.5 Å². The summed E-state index contributed by atoms with van der Waals surface area (Å²) in [5.74, 6) is -1.15. The summed E-state index contributed by atoms with van der Waals surface area (Å²) in [6, 6.07) is 12.1. The highest BCUT2D eigenvalue weighted by molar-refractivity contribution is 7.90. The van der Waals surface area contributed by atoms with Crippen LogP contribution in [0, 0.1) is 5.82 Å². The van der Waals surface area contributed by atoms with Gasteiger partial charge in [-0.25, -0.2) is 4.39 Å². The second-order valence-corrected chi connectivity index (χ2v) is 8.68. The Morgan fingerprint density at radius 1 is 1.21 bits per heavy atom. The summed E-state index contributed by atoms with van der Waals surface area (Å²) < 4.78 is 36.1. The van der Waals surface area contributed by atoms with Crippen LogP contribution in [0.4, 0.5) is 10.1 Å². The number of carbonyl (C=O) groups excluding carboxylic acids is 1. The molecule has 0 bridgehead atoms. The molecule has 0 radical (unpaired) electrons. The molecule has 4 aromatic rings. The first-order chi connectivity index (χ1) is 13.6. The lowest BCUT2D eigenvalue weighted by Gasteiger charge is -2.33. The minimum absolute atomic E-state index is 0.0671. The molecule has 0 saturated carbocycles. The van der Waals surface area contributed by atoms with Gasteiger partial charge in [-0.3, -0.25) is 4.79 Å². The van der Waals surface area contributed by atoms with Crippen molar-refractivity contribution in [3.8, 4) is 0 Å². The Kier molecular flexibility index (Phi) is 4.26. The number of rotatable bonds is 4. The van der Waals surface area contributed by atoms with Crippen molar-refractivity contribution in [3.63, 3.8) is 0 Å². The number of halogens is 1. The van der Waals surface area contributed by atoms with Crippen LogP contribution in [0.2, 0.25) is 0 Å². The first-order valence-electron chi connectivity index (χ1n) is 8.77. The molecule has 28 heavy (non-hydrogen) atoms. The van der Waals surface area contributed by atoms with Gasteiger partial charge in [-0.15, -0.1) is 11.3 Å². The maximum Gasteiger partial charge on any atom is 0.328 e. The van der Waals surface area contributed by atoms with Crippen molar-refractivity contribution in [1.82, 2.24) is 4.72 Å². The smallest absolute Gasteiger partial charge is 0.328 e. The van der Waals surface area contributed by atoms with Crippen LogP contribution in [-0.4, -0.2) is 23.5 Å². The van der Waals surface area contributed by atoms with Crippen LogP contribution in [0.1, 0.15) is 17.0 Å². The normalized spacial score (nSPS) is 15.0. The number of hydrogen-bond donors (Lipinski definition) is 1. The van der Waals surface area contributed by atoms with E-state index < -0.39 is 23.1 Å². The monoisotopic (exact) mass is 414 g/mol. The number of hydrogen-bond acceptors (Lipinski definition) is 5. The molecule has 2 aromatic carbocycles. The molecule has 1 unspecified atom stereocenters. The van der Waals surface area contributed by atoms with E-state index in [2.05, 4.69) is 4.72 Å². The number of carbonyl (C=O) groups is 1. The van der Waals surface area contributed by atoms with E-state index in [-0.39, 0.29) is 11.1 Å². The molecular weight excluding hydrogens is 399 g/mol. The van der Waals surface area contributed by atoms with Gasteiger partial charge in [0.2, 0.25) is 0 Å². The van der Waals surface area contributed by atoms with E-state index in [0.717, 1.165) is 35.3 Å². The summed E-state index contributed by atoms with van der Waals surface area (Å²) in [4.78, 5) is 15.1. The van der Waals surface area contributed by atoms with Crippen molar-refractivity contribution in [2.24, 2.45) is 0 Å². The van der Waals surface area contributed by atoms with Gasteiger partial charge < -0.3 is 13.9 Å². The van der Waals surface area contributed by atoms with E-state index in [4.69, 9.17) is 4.42 Å². The maximum absolute atomic E-state index is 14.4. The van der Waals surface area contributed by atoms with Gasteiger partial charge in [0.05, 0.1) is 10.8 Å². The van der Waals surface area contributed by atoms with Crippen LogP contribution in [-0.2, 0) is 11.4 Å². The predicted octanol–water partition coefficient (Wildman–Crippen LogP) is 4.45. The van der Waals surface area contributed by atoms with E-state index in [1.54, 1.807) is 11.4 Å². The molecule has 1 N–H and O–H groups in total. The molecule has 2 aromatic heterocycles. The van der Waals surface area contributed by atoms with Crippen LogP contribution in [0.3, 0.4) is 0 Å². The fourth-order valence-electron chi connectivity index (χ4n) is 3.24. The average molecular weight is 414 g/mol. The van der Waals surface area contributed by atoms with E-state index in [0.29, 0.717) is 10.5 Å². The Morgan fingerprint density at radius 3 is 2.82 bits per heavy atom. The van der Waals surface area contributed by atoms with Crippen molar-refractivity contribution in [2.45, 2.75) is 11.3 Å². The lowest BCUT2D eigenvalue weighted by molar-refractivity contribution is 0.0956. The fourth-order valence-corrected chi connectivity index (χ4v) is 5.38. The van der Waals surface area contributed by atoms with Crippen LogP contribution in [0.15, 0.2) is 57.2 Å². The van der Waals surface area contributed by atoms with Gasteiger partial charge in [0.25, 0.3) is 0 Å². The third-order valence-corrected chi connectivity index (χ3v) is 7.07. The lowest BCUT2D eigenvalue weighted by atomic mass is 10.1. The molecular formula is C20H15FN2O3S2. The Balaban J connectivity index is 1.41. The highest BCUT2D eigenvalue weighted by Gasteiger charge is 2.24. The number of benzene rings is 2. The molecule has 142 valence electrons. The number of fused-ring (bicyclic) bond motifs is 2. The van der Waals surface area contributed by atoms with Gasteiger partial charge in [0, 0.05) is 41.0 Å². The van der Waals surface area contributed by atoms with Gasteiger partial charge in [0.15, 0.2) is 10.7 Å². The van der Waals surface area contributed by atoms with Gasteiger partial charge in [0.1, 0.15) is 22.8 Å². The zero-order valence-electron chi connectivity index (χ0n) is 14.6. The minimum atomic E-state index is -1.74. The Hall–Kier alpha value is -2.55. The van der Waals surface area contributed by atoms with Crippen LogP contribution < -0.4 is 9.62 Å². The maximum atomic E-state index is 14.4. The summed E-state index contributed by atoms with van der Waals surface area (Å²) in [6.07, 6.45) is 1.08. The Bertz CT molecular complexity index is 1200. The average Bonchev–Trinajstić information content (AvgIpc) is 3.24. The highest BCUT2D eigenvalue weighted by atomic mass is 32.2. The van der Waals surface area contributed by atoms with Gasteiger partial charge in [-0.1, -0.05) is 12.1 Å². The fraction of sp³-hybridized carbons (Fsp3) is 0.150. The zero-order valence-corrected chi connectivity index (χ0v) is 16.2. The largest absolute Gasteiger partial charge is 0.588 e. The second-order valence-electron chi connectivity index (χ2n) is 6.59. The summed E-state index contributed by atoms with van der Waals surface area (Å²) in [5, 5.41) is 2.83. The van der Waals surface area contributed by atoms with Crippen LogP contribution >= 0.6 is 11.3 Å². The van der Waals surface area contributed by atoms with E-state index >= 15 is 0 Å². The number of furan rings is 1. The summed E-state index contributed by atoms with van der Waals surface area (Å²) >= 11 is -0.279. The Morgan fingerprint density at radius 2 is 2.04 bits per heavy atom. The second kappa shape index (κ2) is 6.80. The first-order valence-corrected chi connectivity index (χ1v) is 10.8. The number of thiophene rings is 1. The molecule has 8 heteroatoms. The van der Waals surface area contributed by atoms with Crippen molar-refractivity contribution in [3.05, 3.63) is 59.4 Å². The van der Waals surface area contributed by atoms with Crippen molar-refractivity contribution >= 4 is 55.3 Å². The lowest BCUT2D eigenvalue weighted by Crippen LogP contribution is -2.36. The third kappa shape index (κ3) is 2.94. The van der Waals surface area contributed by atoms with Crippen molar-refractivity contribution in [1.29, 1.82) is 0 Å². The number of nitrogens with one attached hydrogen (secondary N) is 1. The highest BCUT2D eigenvalue weighted by Crippen LogP contribution is 2.31. The van der Waals surface area contributed by atoms with Crippen LogP contribution in [0.25, 0.3) is 21.1 Å². The quantitative estimate of drug-likeness (QED) is 0.501. The van der Waals surface area contributed by atoms with Gasteiger partial charge in [-0.2, -0.15) is 4.72 Å². The van der Waals surface area contributed by atoms with Crippen LogP contribution in [0.5, 0.6) is 0 Å². The molecule has 3 heterocycles. The molecule has 1 amide bonds. The molecule has 1 aliphatic heterocycles. The molecule has 1 saturated heterocycles. The molecule has 1 aliphatic rings. The molecule has 0 spiro atoms. The molecule has 1 fully saturated rings. The molecule has 5 rings (SSSR count). The predicted molar refractivity (Wildman–Crippen MR) is 109 cm³/mol. The number of amides is 1. The Labute approximate surface area is 167 Å². The number of nitrogens with zero attached hydrogens (tertiary/aromatic N) is 1. The summed E-state index contributed by atoms with van der Waals surface area (Å²) in [6.45, 7) is 1.76. The molecule has 0 aliphatic carbocycles. The van der Waals surface area contributed by atoms with E-state index in [1.807, 2.05) is 29.2 Å². The van der Waals surface area contributed by atoms with Crippen molar-refractivity contribution < 1.29 is 18.2 Å². The van der Waals surface area contributed by atoms with Gasteiger partial charge in [-0.05, 0) is 24.6 Å². The zero-order chi connectivity index (χ0) is 19.3. The topological polar surface area (TPSA) is 68.5 Å². The molecule has 1 atom stereocenters. The molecule has 5 nitrogen and oxygen atoms in total. The van der Waals surface area contributed by atoms with Gasteiger partial charge >= 0.3 is 5.91 Å². The third-order valence-electron chi connectivity index (χ3n) is 4.85. The first kappa shape index (κ1) is 17.5. The summed E-state index contributed by atoms with van der Waals surface area (Å²) in [7, 11) is 0. The number of anilines is 1. The van der Waals surface area contributed by atoms with E-state index in [9.17, 15) is 13.7 Å². The standard InChI is InChI=1S/C20H15FN2O3S2/c21-15-8-12(23-6-3-7-23)9-16-14(15)10-17(26-16)20(24)22-28(25)19-11-27-18-5-2-1-4-13(18)19/h1-2,4-5,8-11H,3,6-7H2,(H,22,24). The minimum Gasteiger partial charge on any atom is -0.588 e. The van der Waals surface area contributed by atoms with Crippen molar-refractivity contribution in [2.75, 3.05) is 18.0 Å².